The Morgan fingerprint density at radius 1 is 1.21 bits per heavy atom. The van der Waals surface area contributed by atoms with Gasteiger partial charge in [-0.3, -0.25) is 5.01 Å². The monoisotopic (exact) mass is 265 g/mol. The lowest BCUT2D eigenvalue weighted by atomic mass is 10.1. The van der Waals surface area contributed by atoms with Gasteiger partial charge in [-0.1, -0.05) is 6.07 Å². The van der Waals surface area contributed by atoms with E-state index in [-0.39, 0.29) is 6.03 Å². The third-order valence-electron chi connectivity index (χ3n) is 3.16. The van der Waals surface area contributed by atoms with Crippen LogP contribution in [0, 0.1) is 0 Å². The summed E-state index contributed by atoms with van der Waals surface area (Å²) >= 11 is 0. The van der Waals surface area contributed by atoms with Crippen LogP contribution in [0.4, 0.5) is 4.79 Å². The van der Waals surface area contributed by atoms with Gasteiger partial charge in [-0.25, -0.2) is 10.6 Å². The molecule has 1 fully saturated rings. The molecule has 0 saturated carbocycles. The van der Waals surface area contributed by atoms with Crippen molar-refractivity contribution in [3.8, 4) is 11.5 Å². The first-order valence-electron chi connectivity index (χ1n) is 6.17. The molecular weight excluding hydrogens is 246 g/mol. The second-order valence-corrected chi connectivity index (χ2v) is 4.44. The predicted octanol–water partition coefficient (Wildman–Crippen LogP) is 1.21. The molecule has 0 bridgehead atoms. The number of rotatable bonds is 4. The smallest absolute Gasteiger partial charge is 0.334 e. The molecule has 0 spiro atoms. The molecule has 0 atom stereocenters. The molecule has 0 aromatic heterocycles. The number of ether oxygens (including phenoxy) is 2. The van der Waals surface area contributed by atoms with Gasteiger partial charge >= 0.3 is 6.03 Å². The van der Waals surface area contributed by atoms with Crippen LogP contribution >= 0.6 is 0 Å². The van der Waals surface area contributed by atoms with Gasteiger partial charge in [-0.05, 0) is 24.1 Å². The molecule has 1 aliphatic heterocycles. The number of methoxy groups -OCH3 is 2. The summed E-state index contributed by atoms with van der Waals surface area (Å²) in [5.41, 5.74) is 0.987. The Balaban J connectivity index is 2.12. The van der Waals surface area contributed by atoms with E-state index in [1.165, 1.54) is 5.01 Å². The fourth-order valence-electron chi connectivity index (χ4n) is 2.15. The fraction of sp³-hybridized carbons (Fsp3) is 0.462. The molecule has 6 heteroatoms. The van der Waals surface area contributed by atoms with Crippen molar-refractivity contribution >= 4 is 6.03 Å². The van der Waals surface area contributed by atoms with Crippen LogP contribution in [0.3, 0.4) is 0 Å². The van der Waals surface area contributed by atoms with Crippen LogP contribution in [0.1, 0.15) is 12.0 Å². The van der Waals surface area contributed by atoms with Gasteiger partial charge in [-0.15, -0.1) is 0 Å². The van der Waals surface area contributed by atoms with Crippen molar-refractivity contribution < 1.29 is 14.3 Å². The van der Waals surface area contributed by atoms with Crippen molar-refractivity contribution in [2.75, 3.05) is 27.3 Å². The zero-order valence-electron chi connectivity index (χ0n) is 11.3. The van der Waals surface area contributed by atoms with Gasteiger partial charge in [0.25, 0.3) is 0 Å². The number of urea groups is 1. The van der Waals surface area contributed by atoms with E-state index in [1.54, 1.807) is 19.1 Å². The second kappa shape index (κ2) is 5.79. The van der Waals surface area contributed by atoms with Crippen molar-refractivity contribution in [2.45, 2.75) is 13.0 Å². The Morgan fingerprint density at radius 2 is 1.95 bits per heavy atom. The first-order valence-corrected chi connectivity index (χ1v) is 6.17. The lowest BCUT2D eigenvalue weighted by Crippen LogP contribution is -2.52. The van der Waals surface area contributed by atoms with Crippen LogP contribution in [-0.4, -0.2) is 43.2 Å². The molecule has 2 N–H and O–H groups in total. The molecule has 104 valence electrons. The van der Waals surface area contributed by atoms with Crippen LogP contribution in [0.15, 0.2) is 18.2 Å². The highest BCUT2D eigenvalue weighted by Crippen LogP contribution is 2.28. The van der Waals surface area contributed by atoms with Gasteiger partial charge in [0.1, 0.15) is 0 Å². The number of benzene rings is 1. The lowest BCUT2D eigenvalue weighted by molar-refractivity contribution is 0.127. The summed E-state index contributed by atoms with van der Waals surface area (Å²) in [6, 6.07) is 5.50. The largest absolute Gasteiger partial charge is 0.493 e. The molecule has 1 aliphatic rings. The molecule has 1 aromatic rings. The maximum absolute atomic E-state index is 11.9. The Labute approximate surface area is 112 Å². The van der Waals surface area contributed by atoms with E-state index in [0.717, 1.165) is 18.5 Å². The maximum atomic E-state index is 11.9. The van der Waals surface area contributed by atoms with Gasteiger partial charge in [0.15, 0.2) is 11.5 Å². The first kappa shape index (κ1) is 13.5. The molecule has 2 rings (SSSR count). The van der Waals surface area contributed by atoms with Crippen LogP contribution < -0.4 is 15.3 Å². The minimum Gasteiger partial charge on any atom is -0.493 e. The number of hydrogen-bond donors (Lipinski definition) is 1. The van der Waals surface area contributed by atoms with E-state index in [4.69, 9.17) is 15.3 Å². The van der Waals surface area contributed by atoms with E-state index in [9.17, 15) is 4.79 Å². The molecule has 0 aliphatic carbocycles. The maximum Gasteiger partial charge on any atom is 0.334 e. The molecule has 19 heavy (non-hydrogen) atoms. The summed E-state index contributed by atoms with van der Waals surface area (Å²) in [5.74, 6) is 6.96. The zero-order chi connectivity index (χ0) is 13.8. The van der Waals surface area contributed by atoms with E-state index in [2.05, 4.69) is 0 Å². The van der Waals surface area contributed by atoms with Gasteiger partial charge in [0, 0.05) is 19.6 Å². The van der Waals surface area contributed by atoms with Crippen molar-refractivity contribution in [3.63, 3.8) is 0 Å². The van der Waals surface area contributed by atoms with Gasteiger partial charge in [0.2, 0.25) is 0 Å². The first-order chi connectivity index (χ1) is 9.15. The SMILES string of the molecule is COc1ccc(CN2CCCN(N)C2=O)cc1OC. The number of amides is 2. The highest BCUT2D eigenvalue weighted by atomic mass is 16.5. The molecule has 6 nitrogen and oxygen atoms in total. The highest BCUT2D eigenvalue weighted by molar-refractivity contribution is 5.74. The van der Waals surface area contributed by atoms with E-state index >= 15 is 0 Å². The van der Waals surface area contributed by atoms with Crippen LogP contribution in [-0.2, 0) is 6.54 Å². The Bertz CT molecular complexity index is 464. The van der Waals surface area contributed by atoms with Crippen molar-refractivity contribution in [2.24, 2.45) is 5.84 Å². The third kappa shape index (κ3) is 2.90. The number of carbonyl (C=O) groups is 1. The summed E-state index contributed by atoms with van der Waals surface area (Å²) in [4.78, 5) is 13.6. The molecule has 0 unspecified atom stereocenters. The Hall–Kier alpha value is -1.95. The number of hydrogen-bond acceptors (Lipinski definition) is 4. The van der Waals surface area contributed by atoms with Crippen molar-refractivity contribution in [1.29, 1.82) is 0 Å². The van der Waals surface area contributed by atoms with Crippen molar-refractivity contribution in [3.05, 3.63) is 23.8 Å². The number of nitrogens with two attached hydrogens (primary N) is 1. The predicted molar refractivity (Wildman–Crippen MR) is 70.9 cm³/mol. The van der Waals surface area contributed by atoms with E-state index in [1.807, 2.05) is 18.2 Å². The Kier molecular flexibility index (Phi) is 4.11. The summed E-state index contributed by atoms with van der Waals surface area (Å²) < 4.78 is 10.4. The molecule has 1 heterocycles. The molecular formula is C13H19N3O3. The molecule has 1 saturated heterocycles. The normalized spacial score (nSPS) is 15.6. The molecule has 1 aromatic carbocycles. The summed E-state index contributed by atoms with van der Waals surface area (Å²) in [5, 5.41) is 1.25. The Morgan fingerprint density at radius 3 is 2.63 bits per heavy atom. The highest BCUT2D eigenvalue weighted by Gasteiger charge is 2.23. The van der Waals surface area contributed by atoms with Crippen LogP contribution in [0.25, 0.3) is 0 Å². The minimum atomic E-state index is -0.138. The average molecular weight is 265 g/mol. The summed E-state index contributed by atoms with van der Waals surface area (Å²) in [6.45, 7) is 1.86. The number of carbonyl (C=O) groups excluding carboxylic acids is 1. The van der Waals surface area contributed by atoms with Crippen LogP contribution in [0.2, 0.25) is 0 Å². The third-order valence-corrected chi connectivity index (χ3v) is 3.16. The summed E-state index contributed by atoms with van der Waals surface area (Å²) in [6.07, 6.45) is 0.884. The summed E-state index contributed by atoms with van der Waals surface area (Å²) in [7, 11) is 3.19. The standard InChI is InChI=1S/C13H19N3O3/c1-18-11-5-4-10(8-12(11)19-2)9-15-6-3-7-16(14)13(15)17/h4-5,8H,3,6-7,9,14H2,1-2H3. The topological polar surface area (TPSA) is 68.0 Å². The fourth-order valence-corrected chi connectivity index (χ4v) is 2.15. The zero-order valence-corrected chi connectivity index (χ0v) is 11.3. The average Bonchev–Trinajstić information content (AvgIpc) is 2.43. The van der Waals surface area contributed by atoms with Gasteiger partial charge < -0.3 is 14.4 Å². The lowest BCUT2D eigenvalue weighted by Gasteiger charge is -2.32. The van der Waals surface area contributed by atoms with Gasteiger partial charge in [0.05, 0.1) is 14.2 Å². The number of nitrogens with zero attached hydrogens (tertiary/aromatic N) is 2. The van der Waals surface area contributed by atoms with Crippen LogP contribution in [0.5, 0.6) is 11.5 Å². The van der Waals surface area contributed by atoms with E-state index < -0.39 is 0 Å². The van der Waals surface area contributed by atoms with E-state index in [0.29, 0.717) is 24.6 Å². The molecule has 2 amide bonds. The minimum absolute atomic E-state index is 0.138. The quantitative estimate of drug-likeness (QED) is 0.656. The van der Waals surface area contributed by atoms with Gasteiger partial charge in [-0.2, -0.15) is 0 Å². The number of hydrazine groups is 1. The second-order valence-electron chi connectivity index (χ2n) is 4.44. The molecule has 0 radical (unpaired) electrons. The van der Waals surface area contributed by atoms with Crippen molar-refractivity contribution in [1.82, 2.24) is 9.91 Å².